The maximum absolute atomic E-state index is 11.9. The molecule has 0 radical (unpaired) electrons. The third kappa shape index (κ3) is 4.04. The normalized spacial score (nSPS) is 24.7. The van der Waals surface area contributed by atoms with Gasteiger partial charge in [-0.25, -0.2) is 8.42 Å². The number of pyridine rings is 1. The molecule has 0 saturated heterocycles. The second-order valence-electron chi connectivity index (χ2n) is 6.12. The zero-order chi connectivity index (χ0) is 15.5. The Kier molecular flexibility index (Phi) is 5.38. The van der Waals surface area contributed by atoms with E-state index >= 15 is 0 Å². The van der Waals surface area contributed by atoms with Crippen LogP contribution < -0.4 is 5.32 Å². The smallest absolute Gasteiger partial charge is 0.150 e. The Bertz CT molecular complexity index is 571. The molecule has 3 unspecified atom stereocenters. The summed E-state index contributed by atoms with van der Waals surface area (Å²) < 4.78 is 23.8. The van der Waals surface area contributed by atoms with Crippen molar-refractivity contribution in [3.63, 3.8) is 0 Å². The van der Waals surface area contributed by atoms with Gasteiger partial charge in [0.2, 0.25) is 0 Å². The number of nitrogens with one attached hydrogen (secondary N) is 1. The summed E-state index contributed by atoms with van der Waals surface area (Å²) in [6, 6.07) is 4.17. The van der Waals surface area contributed by atoms with E-state index in [4.69, 9.17) is 0 Å². The molecule has 4 nitrogen and oxygen atoms in total. The summed E-state index contributed by atoms with van der Waals surface area (Å²) in [6.45, 7) is 5.02. The van der Waals surface area contributed by atoms with Crippen LogP contribution in [0.3, 0.4) is 0 Å². The van der Waals surface area contributed by atoms with Gasteiger partial charge in [-0.15, -0.1) is 0 Å². The molecule has 1 fully saturated rings. The van der Waals surface area contributed by atoms with Crippen molar-refractivity contribution in [3.05, 3.63) is 29.6 Å². The van der Waals surface area contributed by atoms with Crippen molar-refractivity contribution in [3.8, 4) is 0 Å². The first-order valence-corrected chi connectivity index (χ1v) is 9.72. The highest BCUT2D eigenvalue weighted by Crippen LogP contribution is 2.37. The molecule has 5 heteroatoms. The fourth-order valence-corrected chi connectivity index (χ4v) is 4.59. The molecule has 1 saturated carbocycles. The van der Waals surface area contributed by atoms with E-state index in [1.165, 1.54) is 11.8 Å². The molecule has 0 bridgehead atoms. The van der Waals surface area contributed by atoms with Gasteiger partial charge in [0.1, 0.15) is 9.84 Å². The zero-order valence-electron chi connectivity index (χ0n) is 13.2. The summed E-state index contributed by atoms with van der Waals surface area (Å²) in [5, 5.41) is 3.33. The predicted molar refractivity (Wildman–Crippen MR) is 86.0 cm³/mol. The van der Waals surface area contributed by atoms with Gasteiger partial charge in [0.05, 0.1) is 17.0 Å². The van der Waals surface area contributed by atoms with Crippen LogP contribution in [0.2, 0.25) is 0 Å². The van der Waals surface area contributed by atoms with Crippen LogP contribution in [0.4, 0.5) is 0 Å². The zero-order valence-corrected chi connectivity index (χ0v) is 14.0. The first kappa shape index (κ1) is 16.4. The van der Waals surface area contributed by atoms with E-state index < -0.39 is 9.84 Å². The molecule has 0 spiro atoms. The molecule has 1 aliphatic carbocycles. The van der Waals surface area contributed by atoms with Crippen LogP contribution in [-0.4, -0.2) is 31.5 Å². The lowest BCUT2D eigenvalue weighted by Crippen LogP contribution is -2.36. The highest BCUT2D eigenvalue weighted by Gasteiger charge is 2.34. The van der Waals surface area contributed by atoms with Crippen molar-refractivity contribution in [1.82, 2.24) is 10.3 Å². The Morgan fingerprint density at radius 3 is 2.81 bits per heavy atom. The standard InChI is InChI=1S/C16H26N2O2S/c1-4-17-16(15-12(2)7-6-10-18-15)13-8-5-9-14(11-13)21(3,19)20/h6-7,10,13-14,16-17H,4-5,8-9,11H2,1-3H3. The van der Waals surface area contributed by atoms with Crippen LogP contribution in [0.15, 0.2) is 18.3 Å². The molecule has 1 aromatic heterocycles. The number of hydrogen-bond acceptors (Lipinski definition) is 4. The highest BCUT2D eigenvalue weighted by molar-refractivity contribution is 7.91. The Hall–Kier alpha value is -0.940. The Morgan fingerprint density at radius 2 is 2.19 bits per heavy atom. The largest absolute Gasteiger partial charge is 0.309 e. The summed E-state index contributed by atoms with van der Waals surface area (Å²) in [7, 11) is -2.95. The van der Waals surface area contributed by atoms with Gasteiger partial charge in [-0.05, 0) is 50.3 Å². The fourth-order valence-electron chi connectivity index (χ4n) is 3.40. The fraction of sp³-hybridized carbons (Fsp3) is 0.688. The predicted octanol–water partition coefficient (Wildman–Crippen LogP) is 2.64. The van der Waals surface area contributed by atoms with Crippen LogP contribution >= 0.6 is 0 Å². The van der Waals surface area contributed by atoms with E-state index in [-0.39, 0.29) is 11.3 Å². The average molecular weight is 310 g/mol. The first-order chi connectivity index (χ1) is 9.93. The maximum atomic E-state index is 11.9. The van der Waals surface area contributed by atoms with Crippen molar-refractivity contribution in [2.45, 2.75) is 50.8 Å². The SMILES string of the molecule is CCNC(c1ncccc1C)C1CCCC(S(C)(=O)=O)C1. The molecule has 2 rings (SSSR count). The van der Waals surface area contributed by atoms with Gasteiger partial charge < -0.3 is 5.32 Å². The molecule has 118 valence electrons. The lowest BCUT2D eigenvalue weighted by atomic mass is 9.81. The van der Waals surface area contributed by atoms with Crippen molar-refractivity contribution in [2.24, 2.45) is 5.92 Å². The van der Waals surface area contributed by atoms with E-state index in [1.54, 1.807) is 0 Å². The molecule has 1 N–H and O–H groups in total. The molecule has 21 heavy (non-hydrogen) atoms. The van der Waals surface area contributed by atoms with E-state index in [0.29, 0.717) is 5.92 Å². The monoisotopic (exact) mass is 310 g/mol. The summed E-state index contributed by atoms with van der Waals surface area (Å²) in [6.07, 6.45) is 6.79. The summed E-state index contributed by atoms with van der Waals surface area (Å²) in [5.74, 6) is 0.340. The summed E-state index contributed by atoms with van der Waals surface area (Å²) in [4.78, 5) is 4.55. The van der Waals surface area contributed by atoms with Crippen LogP contribution in [0, 0.1) is 12.8 Å². The molecule has 0 aliphatic heterocycles. The Labute approximate surface area is 128 Å². The minimum atomic E-state index is -2.95. The van der Waals surface area contributed by atoms with Gasteiger partial charge >= 0.3 is 0 Å². The second-order valence-corrected chi connectivity index (χ2v) is 8.44. The molecule has 1 aliphatic rings. The van der Waals surface area contributed by atoms with E-state index in [9.17, 15) is 8.42 Å². The van der Waals surface area contributed by atoms with Gasteiger partial charge in [-0.3, -0.25) is 4.98 Å². The number of aromatic nitrogens is 1. The second kappa shape index (κ2) is 6.88. The Morgan fingerprint density at radius 1 is 1.43 bits per heavy atom. The molecule has 0 amide bonds. The number of nitrogens with zero attached hydrogens (tertiary/aromatic N) is 1. The Balaban J connectivity index is 2.24. The average Bonchev–Trinajstić information content (AvgIpc) is 2.45. The van der Waals surface area contributed by atoms with Gasteiger partial charge in [-0.1, -0.05) is 19.4 Å². The highest BCUT2D eigenvalue weighted by atomic mass is 32.2. The van der Waals surface area contributed by atoms with Crippen LogP contribution in [0.1, 0.15) is 49.9 Å². The van der Waals surface area contributed by atoms with Crippen LogP contribution in [0.25, 0.3) is 0 Å². The summed E-state index contributed by atoms with van der Waals surface area (Å²) in [5.41, 5.74) is 2.24. The lowest BCUT2D eigenvalue weighted by molar-refractivity contribution is 0.271. The van der Waals surface area contributed by atoms with Gasteiger partial charge in [-0.2, -0.15) is 0 Å². The maximum Gasteiger partial charge on any atom is 0.150 e. The van der Waals surface area contributed by atoms with E-state index in [1.807, 2.05) is 12.3 Å². The molecule has 3 atom stereocenters. The first-order valence-electron chi connectivity index (χ1n) is 7.77. The van der Waals surface area contributed by atoms with E-state index in [2.05, 4.69) is 30.2 Å². The van der Waals surface area contributed by atoms with Gasteiger partial charge in [0.25, 0.3) is 0 Å². The van der Waals surface area contributed by atoms with Crippen LogP contribution in [0.5, 0.6) is 0 Å². The lowest BCUT2D eigenvalue weighted by Gasteiger charge is -2.34. The van der Waals surface area contributed by atoms with Crippen LogP contribution in [-0.2, 0) is 9.84 Å². The van der Waals surface area contributed by atoms with Crippen molar-refractivity contribution >= 4 is 9.84 Å². The summed E-state index contributed by atoms with van der Waals surface area (Å²) >= 11 is 0. The third-order valence-corrected chi connectivity index (χ3v) is 6.15. The minimum Gasteiger partial charge on any atom is -0.309 e. The molecule has 0 aromatic carbocycles. The number of hydrogen-bond donors (Lipinski definition) is 1. The van der Waals surface area contributed by atoms with E-state index in [0.717, 1.165) is 37.9 Å². The van der Waals surface area contributed by atoms with Crippen molar-refractivity contribution < 1.29 is 8.42 Å². The molecule has 1 heterocycles. The number of sulfone groups is 1. The molecule has 1 aromatic rings. The third-order valence-electron chi connectivity index (χ3n) is 4.51. The van der Waals surface area contributed by atoms with Crippen molar-refractivity contribution in [1.29, 1.82) is 0 Å². The number of aryl methyl sites for hydroxylation is 1. The topological polar surface area (TPSA) is 59.1 Å². The van der Waals surface area contributed by atoms with Gasteiger partial charge in [0.15, 0.2) is 0 Å². The van der Waals surface area contributed by atoms with Gasteiger partial charge in [0, 0.05) is 12.5 Å². The number of rotatable bonds is 5. The van der Waals surface area contributed by atoms with Crippen molar-refractivity contribution in [2.75, 3.05) is 12.8 Å². The minimum absolute atomic E-state index is 0.153. The molecular formula is C16H26N2O2S. The quantitative estimate of drug-likeness (QED) is 0.908. The molecular weight excluding hydrogens is 284 g/mol.